The zero-order chi connectivity index (χ0) is 22.0. The highest BCUT2D eigenvalue weighted by Crippen LogP contribution is 2.44. The highest BCUT2D eigenvalue weighted by atomic mass is 35.5. The van der Waals surface area contributed by atoms with Crippen molar-refractivity contribution in [2.75, 3.05) is 4.90 Å². The van der Waals surface area contributed by atoms with Gasteiger partial charge in [-0.1, -0.05) is 46.7 Å². The molecular weight excluding hydrogens is 452 g/mol. The maximum absolute atomic E-state index is 13.3. The fraction of sp³-hybridized carbons (Fsp3) is 0.143. The summed E-state index contributed by atoms with van der Waals surface area (Å²) in [5, 5.41) is 9.74. The Morgan fingerprint density at radius 3 is 2.33 bits per heavy atom. The first-order valence-corrected chi connectivity index (χ1v) is 10.3. The first-order valence-electron chi connectivity index (χ1n) is 8.76. The lowest BCUT2D eigenvalue weighted by molar-refractivity contribution is 0.0978. The third-order valence-electron chi connectivity index (χ3n) is 4.14. The van der Waals surface area contributed by atoms with Crippen LogP contribution in [0.2, 0.25) is 10.0 Å². The topological polar surface area (TPSA) is 66.8 Å². The zero-order valence-electron chi connectivity index (χ0n) is 15.9. The molecule has 30 heavy (non-hydrogen) atoms. The predicted octanol–water partition coefficient (Wildman–Crippen LogP) is 6.97. The van der Waals surface area contributed by atoms with Crippen molar-refractivity contribution >= 4 is 52.3 Å². The molecular formula is C21H16Cl2FNO4S. The first kappa shape index (κ1) is 22.1. The SMILES string of the molecule is CC(C)N(C(=O)c1ccc(Cl)cc1Cl)c1cc(-c2ccc(F)cc2)sc1OC(=O)O. The monoisotopic (exact) mass is 467 g/mol. The lowest BCUT2D eigenvalue weighted by atomic mass is 10.1. The molecule has 0 aliphatic carbocycles. The van der Waals surface area contributed by atoms with E-state index in [4.69, 9.17) is 33.0 Å². The molecule has 0 radical (unpaired) electrons. The molecule has 1 N–H and O–H groups in total. The van der Waals surface area contributed by atoms with E-state index in [1.165, 1.54) is 29.2 Å². The van der Waals surface area contributed by atoms with Crippen molar-refractivity contribution in [3.63, 3.8) is 0 Å². The van der Waals surface area contributed by atoms with E-state index >= 15 is 0 Å². The van der Waals surface area contributed by atoms with Crippen molar-refractivity contribution in [2.24, 2.45) is 0 Å². The number of hydrogen-bond acceptors (Lipinski definition) is 4. The van der Waals surface area contributed by atoms with Gasteiger partial charge in [0.25, 0.3) is 5.91 Å². The number of thiophene rings is 1. The van der Waals surface area contributed by atoms with Crippen LogP contribution in [0.4, 0.5) is 14.9 Å². The van der Waals surface area contributed by atoms with Gasteiger partial charge < -0.3 is 14.7 Å². The van der Waals surface area contributed by atoms with Crippen molar-refractivity contribution < 1.29 is 23.8 Å². The van der Waals surface area contributed by atoms with Gasteiger partial charge in [0, 0.05) is 15.9 Å². The van der Waals surface area contributed by atoms with E-state index in [0.29, 0.717) is 15.5 Å². The number of ether oxygens (including phenoxy) is 1. The molecule has 5 nitrogen and oxygen atoms in total. The van der Waals surface area contributed by atoms with Gasteiger partial charge in [-0.15, -0.1) is 0 Å². The number of benzene rings is 2. The molecule has 0 saturated heterocycles. The molecule has 0 unspecified atom stereocenters. The second-order valence-electron chi connectivity index (χ2n) is 6.55. The summed E-state index contributed by atoms with van der Waals surface area (Å²) in [6, 6.07) is 11.5. The van der Waals surface area contributed by atoms with Crippen LogP contribution >= 0.6 is 34.5 Å². The predicted molar refractivity (Wildman–Crippen MR) is 117 cm³/mol. The van der Waals surface area contributed by atoms with Crippen LogP contribution in [-0.4, -0.2) is 23.2 Å². The average Bonchev–Trinajstić information content (AvgIpc) is 3.04. The Morgan fingerprint density at radius 1 is 1.10 bits per heavy atom. The van der Waals surface area contributed by atoms with Crippen molar-refractivity contribution in [2.45, 2.75) is 19.9 Å². The Bertz CT molecular complexity index is 1100. The number of hydrogen-bond donors (Lipinski definition) is 1. The van der Waals surface area contributed by atoms with E-state index in [-0.39, 0.29) is 27.4 Å². The summed E-state index contributed by atoms with van der Waals surface area (Å²) in [7, 11) is 0. The number of carboxylic acid groups (broad SMARTS) is 1. The molecule has 0 saturated carbocycles. The fourth-order valence-corrected chi connectivity index (χ4v) is 4.34. The molecule has 1 amide bonds. The normalized spacial score (nSPS) is 10.9. The lowest BCUT2D eigenvalue weighted by Crippen LogP contribution is -2.37. The molecule has 156 valence electrons. The Balaban J connectivity index is 2.11. The standard InChI is InChI=1S/C21H16Cl2FNO4S/c1-11(2)25(19(26)15-8-5-13(22)9-16(15)23)17-10-18(30-20(17)29-21(27)28)12-3-6-14(24)7-4-12/h3-11H,1-2H3,(H,27,28). The number of carbonyl (C=O) groups is 2. The lowest BCUT2D eigenvalue weighted by Gasteiger charge is -2.27. The summed E-state index contributed by atoms with van der Waals surface area (Å²) in [6.07, 6.45) is -1.51. The quantitative estimate of drug-likeness (QED) is 0.411. The van der Waals surface area contributed by atoms with E-state index < -0.39 is 17.9 Å². The van der Waals surface area contributed by atoms with Gasteiger partial charge in [0.05, 0.1) is 16.3 Å². The zero-order valence-corrected chi connectivity index (χ0v) is 18.2. The molecule has 3 aromatic rings. The van der Waals surface area contributed by atoms with Crippen LogP contribution in [0.15, 0.2) is 48.5 Å². The number of carbonyl (C=O) groups excluding carboxylic acids is 1. The molecule has 0 atom stereocenters. The Labute approximate surface area is 186 Å². The summed E-state index contributed by atoms with van der Waals surface area (Å²) < 4.78 is 18.2. The highest BCUT2D eigenvalue weighted by Gasteiger charge is 2.28. The largest absolute Gasteiger partial charge is 0.512 e. The van der Waals surface area contributed by atoms with Gasteiger partial charge in [-0.05, 0) is 55.8 Å². The molecule has 1 aromatic heterocycles. The molecule has 3 rings (SSSR count). The molecule has 0 aliphatic heterocycles. The third-order valence-corrected chi connectivity index (χ3v) is 5.74. The van der Waals surface area contributed by atoms with Gasteiger partial charge in [0.1, 0.15) is 5.82 Å². The number of anilines is 1. The van der Waals surface area contributed by atoms with Crippen LogP contribution in [0.25, 0.3) is 10.4 Å². The first-order chi connectivity index (χ1) is 14.2. The van der Waals surface area contributed by atoms with Crippen LogP contribution in [0.3, 0.4) is 0 Å². The molecule has 1 heterocycles. The third kappa shape index (κ3) is 4.75. The van der Waals surface area contributed by atoms with E-state index in [9.17, 15) is 14.0 Å². The minimum absolute atomic E-state index is 0.0222. The van der Waals surface area contributed by atoms with Gasteiger partial charge in [0.2, 0.25) is 5.06 Å². The Hall–Kier alpha value is -2.61. The van der Waals surface area contributed by atoms with Gasteiger partial charge in [-0.2, -0.15) is 0 Å². The minimum Gasteiger partial charge on any atom is -0.449 e. The van der Waals surface area contributed by atoms with Crippen molar-refractivity contribution in [3.8, 4) is 15.5 Å². The maximum Gasteiger partial charge on any atom is 0.512 e. The maximum atomic E-state index is 13.3. The van der Waals surface area contributed by atoms with Crippen LogP contribution < -0.4 is 9.64 Å². The molecule has 2 aromatic carbocycles. The number of rotatable bonds is 5. The second-order valence-corrected chi connectivity index (χ2v) is 8.41. The molecule has 0 fully saturated rings. The molecule has 0 bridgehead atoms. The average molecular weight is 468 g/mol. The molecule has 9 heteroatoms. The number of amides is 1. The summed E-state index contributed by atoms with van der Waals surface area (Å²) in [6.45, 7) is 3.56. The van der Waals surface area contributed by atoms with Gasteiger partial charge in [-0.25, -0.2) is 9.18 Å². The number of halogens is 3. The smallest absolute Gasteiger partial charge is 0.449 e. The van der Waals surface area contributed by atoms with Gasteiger partial charge in [-0.3, -0.25) is 4.79 Å². The van der Waals surface area contributed by atoms with Gasteiger partial charge >= 0.3 is 6.16 Å². The van der Waals surface area contributed by atoms with Crippen molar-refractivity contribution in [1.82, 2.24) is 0 Å². The summed E-state index contributed by atoms with van der Waals surface area (Å²) >= 11 is 13.2. The molecule has 0 aliphatic rings. The van der Waals surface area contributed by atoms with E-state index in [1.807, 2.05) is 0 Å². The minimum atomic E-state index is -1.51. The highest BCUT2D eigenvalue weighted by molar-refractivity contribution is 7.18. The van der Waals surface area contributed by atoms with Gasteiger partial charge in [0.15, 0.2) is 0 Å². The fourth-order valence-electron chi connectivity index (χ4n) is 2.86. The van der Waals surface area contributed by atoms with E-state index in [2.05, 4.69) is 0 Å². The second kappa shape index (κ2) is 9.04. The van der Waals surface area contributed by atoms with E-state index in [0.717, 1.165) is 11.3 Å². The Kier molecular flexibility index (Phi) is 6.65. The number of nitrogens with zero attached hydrogens (tertiary/aromatic N) is 1. The Morgan fingerprint density at radius 2 is 1.77 bits per heavy atom. The van der Waals surface area contributed by atoms with E-state index in [1.54, 1.807) is 38.1 Å². The molecule has 0 spiro atoms. The van der Waals surface area contributed by atoms with Crippen LogP contribution in [0.5, 0.6) is 5.06 Å². The summed E-state index contributed by atoms with van der Waals surface area (Å²) in [5.41, 5.74) is 1.14. The van der Waals surface area contributed by atoms with Crippen molar-refractivity contribution in [3.05, 3.63) is 70.0 Å². The van der Waals surface area contributed by atoms with Crippen LogP contribution in [-0.2, 0) is 0 Å². The van der Waals surface area contributed by atoms with Crippen LogP contribution in [0.1, 0.15) is 24.2 Å². The van der Waals surface area contributed by atoms with Crippen LogP contribution in [0, 0.1) is 5.82 Å². The van der Waals surface area contributed by atoms with Crippen molar-refractivity contribution in [1.29, 1.82) is 0 Å². The summed E-state index contributed by atoms with van der Waals surface area (Å²) in [4.78, 5) is 26.5. The summed E-state index contributed by atoms with van der Waals surface area (Å²) in [5.74, 6) is -0.834.